The first-order valence-corrected chi connectivity index (χ1v) is 11.3. The maximum atomic E-state index is 12.7. The van der Waals surface area contributed by atoms with Gasteiger partial charge in [-0.15, -0.1) is 34.0 Å². The molecule has 3 amide bonds. The molecule has 0 radical (unpaired) electrons. The molecule has 0 bridgehead atoms. The highest BCUT2D eigenvalue weighted by atomic mass is 32.1. The highest BCUT2D eigenvalue weighted by molar-refractivity contribution is 7.12. The third-order valence-electron chi connectivity index (χ3n) is 3.84. The van der Waals surface area contributed by atoms with E-state index in [2.05, 4.69) is 10.6 Å². The summed E-state index contributed by atoms with van der Waals surface area (Å²) in [4.78, 5) is 40.4. The first-order chi connectivity index (χ1) is 13.6. The average molecular weight is 434 g/mol. The monoisotopic (exact) mass is 433 g/mol. The molecule has 0 aliphatic rings. The molecule has 0 unspecified atom stereocenters. The summed E-state index contributed by atoms with van der Waals surface area (Å²) in [5, 5.41) is 11.2. The van der Waals surface area contributed by atoms with Crippen LogP contribution in [0.1, 0.15) is 29.0 Å². The van der Waals surface area contributed by atoms with E-state index in [0.29, 0.717) is 40.8 Å². The first kappa shape index (κ1) is 20.2. The van der Waals surface area contributed by atoms with Gasteiger partial charge in [0.1, 0.15) is 0 Å². The average Bonchev–Trinajstić information content (AvgIpc) is 3.48. The SMILES string of the molecule is O=C(NCCN(CCNC(=O)c1cccs1)C(=O)c1cccs1)c1cccs1. The molecule has 0 atom stereocenters. The van der Waals surface area contributed by atoms with Crippen LogP contribution in [-0.4, -0.2) is 48.8 Å². The summed E-state index contributed by atoms with van der Waals surface area (Å²) >= 11 is 4.12. The highest BCUT2D eigenvalue weighted by Crippen LogP contribution is 2.12. The largest absolute Gasteiger partial charge is 0.350 e. The van der Waals surface area contributed by atoms with Crippen molar-refractivity contribution >= 4 is 51.7 Å². The second kappa shape index (κ2) is 10.2. The molecule has 3 heterocycles. The number of carbonyl (C=O) groups is 3. The van der Waals surface area contributed by atoms with Crippen LogP contribution in [-0.2, 0) is 0 Å². The molecule has 28 heavy (non-hydrogen) atoms. The number of nitrogens with one attached hydrogen (secondary N) is 2. The molecule has 0 fully saturated rings. The van der Waals surface area contributed by atoms with Crippen molar-refractivity contribution in [2.24, 2.45) is 0 Å². The van der Waals surface area contributed by atoms with Crippen molar-refractivity contribution in [3.8, 4) is 0 Å². The number of hydrogen-bond donors (Lipinski definition) is 2. The van der Waals surface area contributed by atoms with E-state index in [0.717, 1.165) is 0 Å². The number of amides is 3. The Morgan fingerprint density at radius 1 is 0.714 bits per heavy atom. The van der Waals surface area contributed by atoms with Gasteiger partial charge in [0.15, 0.2) is 0 Å². The normalized spacial score (nSPS) is 10.4. The second-order valence-corrected chi connectivity index (χ2v) is 8.58. The number of nitrogens with zero attached hydrogens (tertiary/aromatic N) is 1. The lowest BCUT2D eigenvalue weighted by Gasteiger charge is -2.22. The van der Waals surface area contributed by atoms with Crippen LogP contribution in [0.15, 0.2) is 52.5 Å². The van der Waals surface area contributed by atoms with Crippen molar-refractivity contribution in [3.05, 3.63) is 67.2 Å². The Hall–Kier alpha value is -2.49. The first-order valence-electron chi connectivity index (χ1n) is 8.61. The lowest BCUT2D eigenvalue weighted by molar-refractivity contribution is 0.0747. The van der Waals surface area contributed by atoms with Gasteiger partial charge in [-0.3, -0.25) is 14.4 Å². The van der Waals surface area contributed by atoms with Crippen molar-refractivity contribution < 1.29 is 14.4 Å². The lowest BCUT2D eigenvalue weighted by Crippen LogP contribution is -2.42. The Balaban J connectivity index is 1.53. The van der Waals surface area contributed by atoms with Crippen molar-refractivity contribution in [2.75, 3.05) is 26.2 Å². The minimum Gasteiger partial charge on any atom is -0.350 e. The molecule has 146 valence electrons. The molecule has 9 heteroatoms. The van der Waals surface area contributed by atoms with Gasteiger partial charge in [0.2, 0.25) is 0 Å². The van der Waals surface area contributed by atoms with Crippen molar-refractivity contribution in [3.63, 3.8) is 0 Å². The lowest BCUT2D eigenvalue weighted by atomic mass is 10.3. The Labute approximate surface area is 174 Å². The summed E-state index contributed by atoms with van der Waals surface area (Å²) in [5.74, 6) is -0.403. The Morgan fingerprint density at radius 3 is 1.54 bits per heavy atom. The van der Waals surface area contributed by atoms with Gasteiger partial charge in [0, 0.05) is 26.2 Å². The van der Waals surface area contributed by atoms with Gasteiger partial charge in [-0.1, -0.05) is 18.2 Å². The molecule has 3 aromatic rings. The fourth-order valence-corrected chi connectivity index (χ4v) is 4.44. The van der Waals surface area contributed by atoms with Gasteiger partial charge in [-0.2, -0.15) is 0 Å². The number of hydrogen-bond acceptors (Lipinski definition) is 6. The summed E-state index contributed by atoms with van der Waals surface area (Å²) in [7, 11) is 0. The summed E-state index contributed by atoms with van der Waals surface area (Å²) in [5.41, 5.74) is 0. The van der Waals surface area contributed by atoms with Crippen LogP contribution in [0.2, 0.25) is 0 Å². The Kier molecular flexibility index (Phi) is 7.35. The minimum atomic E-state index is -0.149. The van der Waals surface area contributed by atoms with Crippen molar-refractivity contribution in [2.45, 2.75) is 0 Å². The summed E-state index contributed by atoms with van der Waals surface area (Å²) in [6.45, 7) is 1.41. The molecule has 3 rings (SSSR count). The van der Waals surface area contributed by atoms with E-state index >= 15 is 0 Å². The summed E-state index contributed by atoms with van der Waals surface area (Å²) in [6.07, 6.45) is 0. The fourth-order valence-electron chi connectivity index (χ4n) is 2.47. The Morgan fingerprint density at radius 2 is 1.14 bits per heavy atom. The molecule has 0 spiro atoms. The molecular formula is C19H19N3O3S3. The third kappa shape index (κ3) is 5.51. The van der Waals surface area contributed by atoms with Crippen LogP contribution in [0.3, 0.4) is 0 Å². The Bertz CT molecular complexity index is 838. The molecule has 6 nitrogen and oxygen atoms in total. The van der Waals surface area contributed by atoms with E-state index in [1.165, 1.54) is 34.0 Å². The molecule has 0 aliphatic carbocycles. The molecule has 2 N–H and O–H groups in total. The van der Waals surface area contributed by atoms with Crippen molar-refractivity contribution in [1.82, 2.24) is 15.5 Å². The van der Waals surface area contributed by atoms with Gasteiger partial charge in [0.25, 0.3) is 17.7 Å². The van der Waals surface area contributed by atoms with Gasteiger partial charge in [0.05, 0.1) is 14.6 Å². The number of thiophene rings is 3. The third-order valence-corrected chi connectivity index (χ3v) is 6.44. The number of rotatable bonds is 9. The predicted octanol–water partition coefficient (Wildman–Crippen LogP) is 3.17. The smallest absolute Gasteiger partial charge is 0.264 e. The minimum absolute atomic E-state index is 0.106. The van der Waals surface area contributed by atoms with Crippen LogP contribution in [0.4, 0.5) is 0 Å². The maximum Gasteiger partial charge on any atom is 0.264 e. The predicted molar refractivity (Wildman–Crippen MR) is 114 cm³/mol. The maximum absolute atomic E-state index is 12.7. The van der Waals surface area contributed by atoms with E-state index in [-0.39, 0.29) is 17.7 Å². The standard InChI is InChI=1S/C19H19N3O3S3/c23-17(14-4-1-11-26-14)20-7-9-22(19(25)16-6-3-13-28-16)10-8-21-18(24)15-5-2-12-27-15/h1-6,11-13H,7-10H2,(H,20,23)(H,21,24). The zero-order valence-electron chi connectivity index (χ0n) is 14.9. The molecular weight excluding hydrogens is 414 g/mol. The van der Waals surface area contributed by atoms with E-state index < -0.39 is 0 Å². The van der Waals surface area contributed by atoms with Crippen LogP contribution >= 0.6 is 34.0 Å². The summed E-state index contributed by atoms with van der Waals surface area (Å²) in [6, 6.07) is 10.8. The molecule has 0 saturated heterocycles. The molecule has 0 aromatic carbocycles. The van der Waals surface area contributed by atoms with Crippen molar-refractivity contribution in [1.29, 1.82) is 0 Å². The fraction of sp³-hybridized carbons (Fsp3) is 0.211. The highest BCUT2D eigenvalue weighted by Gasteiger charge is 2.17. The van der Waals surface area contributed by atoms with Gasteiger partial charge < -0.3 is 15.5 Å². The van der Waals surface area contributed by atoms with Gasteiger partial charge in [-0.05, 0) is 34.3 Å². The van der Waals surface area contributed by atoms with Gasteiger partial charge in [-0.25, -0.2) is 0 Å². The van der Waals surface area contributed by atoms with Gasteiger partial charge >= 0.3 is 0 Å². The van der Waals surface area contributed by atoms with E-state index in [1.807, 2.05) is 34.3 Å². The second-order valence-electron chi connectivity index (χ2n) is 5.74. The zero-order valence-corrected chi connectivity index (χ0v) is 17.4. The topological polar surface area (TPSA) is 78.5 Å². The van der Waals surface area contributed by atoms with Crippen LogP contribution in [0, 0.1) is 0 Å². The van der Waals surface area contributed by atoms with E-state index in [1.54, 1.807) is 23.1 Å². The van der Waals surface area contributed by atoms with E-state index in [4.69, 9.17) is 0 Å². The van der Waals surface area contributed by atoms with Crippen LogP contribution in [0.5, 0.6) is 0 Å². The molecule has 3 aromatic heterocycles. The van der Waals surface area contributed by atoms with E-state index in [9.17, 15) is 14.4 Å². The molecule has 0 aliphatic heterocycles. The summed E-state index contributed by atoms with van der Waals surface area (Å²) < 4.78 is 0. The molecule has 0 saturated carbocycles. The zero-order chi connectivity index (χ0) is 19.8. The van der Waals surface area contributed by atoms with Crippen LogP contribution < -0.4 is 10.6 Å². The van der Waals surface area contributed by atoms with Crippen LogP contribution in [0.25, 0.3) is 0 Å². The quantitative estimate of drug-likeness (QED) is 0.544. The number of carbonyl (C=O) groups excluding carboxylic acids is 3.